The Labute approximate surface area is 90.6 Å². The molecule has 1 nitrogen and oxygen atoms in total. The molecule has 0 unspecified atom stereocenters. The summed E-state index contributed by atoms with van der Waals surface area (Å²) in [6.45, 7) is 0. The van der Waals surface area contributed by atoms with Crippen molar-refractivity contribution in [3.05, 3.63) is 72.3 Å². The van der Waals surface area contributed by atoms with Crippen molar-refractivity contribution in [2.24, 2.45) is 0 Å². The van der Waals surface area contributed by atoms with Gasteiger partial charge < -0.3 is 0 Å². The largest absolute Gasteiger partial charge is 0.198 e. The number of hydrogen-bond acceptors (Lipinski definition) is 1. The van der Waals surface area contributed by atoms with Crippen molar-refractivity contribution in [2.75, 3.05) is 0 Å². The van der Waals surface area contributed by atoms with Gasteiger partial charge in [-0.2, -0.15) is 5.26 Å². The van der Waals surface area contributed by atoms with Gasteiger partial charge in [0.1, 0.15) is 0 Å². The lowest BCUT2D eigenvalue weighted by molar-refractivity contribution is 1.26. The van der Waals surface area contributed by atoms with Gasteiger partial charge in [-0.25, -0.2) is 0 Å². The molecule has 0 saturated heterocycles. The van der Waals surface area contributed by atoms with Crippen molar-refractivity contribution < 1.29 is 0 Å². The maximum absolute atomic E-state index is 8.27. The predicted octanol–water partition coefficient (Wildman–Crippen LogP) is 3.44. The van der Waals surface area contributed by atoms with E-state index < -0.39 is 0 Å². The van der Waals surface area contributed by atoms with E-state index in [1.807, 2.05) is 66.7 Å². The van der Waals surface area contributed by atoms with Gasteiger partial charge in [-0.1, -0.05) is 66.7 Å². The zero-order valence-corrected chi connectivity index (χ0v) is 8.51. The molecular weight excluding hydrogens is 182 g/mol. The van der Waals surface area contributed by atoms with Gasteiger partial charge in [0.05, 0.1) is 12.5 Å². The number of hydrogen-bond donors (Lipinski definition) is 0. The van der Waals surface area contributed by atoms with E-state index in [9.17, 15) is 0 Å². The minimum atomic E-state index is 0.515. The molecule has 2 aromatic rings. The van der Waals surface area contributed by atoms with Crippen molar-refractivity contribution in [3.63, 3.8) is 0 Å². The fraction of sp³-hybridized carbons (Fsp3) is 0.0714. The smallest absolute Gasteiger partial charge is 0.0669 e. The summed E-state index contributed by atoms with van der Waals surface area (Å²) in [6.07, 6.45) is 0.515. The second-order valence-corrected chi connectivity index (χ2v) is 2.98. The minimum Gasteiger partial charge on any atom is -0.198 e. The van der Waals surface area contributed by atoms with Crippen LogP contribution in [0.1, 0.15) is 5.56 Å². The van der Waals surface area contributed by atoms with Crippen molar-refractivity contribution >= 4 is 0 Å². The Hall–Kier alpha value is -2.07. The molecule has 0 aliphatic rings. The zero-order valence-electron chi connectivity index (χ0n) is 8.51. The van der Waals surface area contributed by atoms with Crippen LogP contribution in [0.2, 0.25) is 0 Å². The lowest BCUT2D eigenvalue weighted by atomic mass is 10.2. The van der Waals surface area contributed by atoms with Crippen LogP contribution < -0.4 is 0 Å². The molecule has 0 bridgehead atoms. The first kappa shape index (κ1) is 11.0. The molecule has 0 radical (unpaired) electrons. The maximum atomic E-state index is 8.27. The fourth-order valence-corrected chi connectivity index (χ4v) is 1.07. The Balaban J connectivity index is 0.000000162. The Bertz CT molecular complexity index is 360. The van der Waals surface area contributed by atoms with Gasteiger partial charge in [0.2, 0.25) is 0 Å². The molecule has 15 heavy (non-hydrogen) atoms. The Morgan fingerprint density at radius 3 is 1.53 bits per heavy atom. The number of nitrogens with zero attached hydrogens (tertiary/aromatic N) is 1. The Kier molecular flexibility index (Phi) is 5.39. The van der Waals surface area contributed by atoms with Crippen LogP contribution in [0.5, 0.6) is 0 Å². The molecule has 0 saturated carbocycles. The summed E-state index contributed by atoms with van der Waals surface area (Å²) < 4.78 is 0. The predicted molar refractivity (Wildman–Crippen MR) is 62.2 cm³/mol. The van der Waals surface area contributed by atoms with E-state index in [0.29, 0.717) is 6.42 Å². The van der Waals surface area contributed by atoms with Gasteiger partial charge in [0, 0.05) is 0 Å². The number of rotatable bonds is 1. The van der Waals surface area contributed by atoms with Gasteiger partial charge in [-0.3, -0.25) is 0 Å². The highest BCUT2D eigenvalue weighted by molar-refractivity contribution is 5.17. The second kappa shape index (κ2) is 7.34. The number of nitriles is 1. The second-order valence-electron chi connectivity index (χ2n) is 2.98. The summed E-state index contributed by atoms with van der Waals surface area (Å²) >= 11 is 0. The summed E-state index contributed by atoms with van der Waals surface area (Å²) in [7, 11) is 0. The van der Waals surface area contributed by atoms with Crippen LogP contribution in [-0.2, 0) is 6.42 Å². The zero-order chi connectivity index (χ0) is 10.8. The van der Waals surface area contributed by atoms with E-state index in [-0.39, 0.29) is 0 Å². The molecule has 0 spiro atoms. The third-order valence-electron chi connectivity index (χ3n) is 1.79. The van der Waals surface area contributed by atoms with Crippen molar-refractivity contribution in [1.82, 2.24) is 0 Å². The highest BCUT2D eigenvalue weighted by Gasteiger charge is 1.84. The summed E-state index contributed by atoms with van der Waals surface area (Å²) in [5.41, 5.74) is 1.08. The van der Waals surface area contributed by atoms with Gasteiger partial charge in [-0.05, 0) is 5.56 Å². The lowest BCUT2D eigenvalue weighted by Crippen LogP contribution is -1.76. The van der Waals surface area contributed by atoms with Crippen molar-refractivity contribution in [3.8, 4) is 6.07 Å². The van der Waals surface area contributed by atoms with Crippen LogP contribution in [0.25, 0.3) is 0 Å². The average molecular weight is 195 g/mol. The van der Waals surface area contributed by atoms with Gasteiger partial charge >= 0.3 is 0 Å². The topological polar surface area (TPSA) is 23.8 Å². The van der Waals surface area contributed by atoms with Crippen molar-refractivity contribution in [1.29, 1.82) is 5.26 Å². The molecule has 0 heterocycles. The summed E-state index contributed by atoms with van der Waals surface area (Å²) in [5, 5.41) is 8.27. The summed E-state index contributed by atoms with van der Waals surface area (Å²) in [4.78, 5) is 0. The lowest BCUT2D eigenvalue weighted by Gasteiger charge is -1.88. The first-order valence-corrected chi connectivity index (χ1v) is 4.84. The Morgan fingerprint density at radius 1 is 0.733 bits per heavy atom. The molecule has 2 rings (SSSR count). The first-order valence-electron chi connectivity index (χ1n) is 4.84. The normalized spacial score (nSPS) is 8.20. The average Bonchev–Trinajstić information content (AvgIpc) is 2.34. The van der Waals surface area contributed by atoms with E-state index in [1.54, 1.807) is 0 Å². The van der Waals surface area contributed by atoms with E-state index in [1.165, 1.54) is 0 Å². The highest BCUT2D eigenvalue weighted by Crippen LogP contribution is 1.96. The molecular formula is C14H13N. The SMILES string of the molecule is N#CCc1ccccc1.c1ccccc1. The van der Waals surface area contributed by atoms with Crippen LogP contribution in [-0.4, -0.2) is 0 Å². The van der Waals surface area contributed by atoms with Gasteiger partial charge in [0.15, 0.2) is 0 Å². The quantitative estimate of drug-likeness (QED) is 0.683. The van der Waals surface area contributed by atoms with Crippen molar-refractivity contribution in [2.45, 2.75) is 6.42 Å². The molecule has 0 aliphatic carbocycles. The first-order chi connectivity index (χ1) is 7.43. The molecule has 0 amide bonds. The maximum Gasteiger partial charge on any atom is 0.0669 e. The monoisotopic (exact) mass is 195 g/mol. The van der Waals surface area contributed by atoms with Crippen LogP contribution in [0.4, 0.5) is 0 Å². The van der Waals surface area contributed by atoms with Gasteiger partial charge in [0.25, 0.3) is 0 Å². The van der Waals surface area contributed by atoms with E-state index in [0.717, 1.165) is 5.56 Å². The Morgan fingerprint density at radius 2 is 1.13 bits per heavy atom. The molecule has 0 fully saturated rings. The third-order valence-corrected chi connectivity index (χ3v) is 1.79. The highest BCUT2D eigenvalue weighted by atomic mass is 14.2. The molecule has 2 aromatic carbocycles. The third kappa shape index (κ3) is 5.28. The molecule has 0 aromatic heterocycles. The number of benzene rings is 2. The van der Waals surface area contributed by atoms with Crippen LogP contribution in [0, 0.1) is 11.3 Å². The molecule has 74 valence electrons. The van der Waals surface area contributed by atoms with Crippen LogP contribution in [0.3, 0.4) is 0 Å². The minimum absolute atomic E-state index is 0.515. The van der Waals surface area contributed by atoms with Gasteiger partial charge in [-0.15, -0.1) is 0 Å². The van der Waals surface area contributed by atoms with E-state index >= 15 is 0 Å². The van der Waals surface area contributed by atoms with Crippen LogP contribution in [0.15, 0.2) is 66.7 Å². The molecule has 0 atom stereocenters. The molecule has 0 aliphatic heterocycles. The molecule has 0 N–H and O–H groups in total. The van der Waals surface area contributed by atoms with Crippen LogP contribution >= 0.6 is 0 Å². The summed E-state index contributed by atoms with van der Waals surface area (Å²) in [6, 6.07) is 23.8. The van der Waals surface area contributed by atoms with E-state index in [2.05, 4.69) is 6.07 Å². The molecule has 1 heteroatoms. The standard InChI is InChI=1S/C8H7N.C6H6/c9-7-6-8-4-2-1-3-5-8;1-2-4-6-5-3-1/h1-5H,6H2;1-6H. The fourth-order valence-electron chi connectivity index (χ4n) is 1.07. The van der Waals surface area contributed by atoms with E-state index in [4.69, 9.17) is 5.26 Å². The summed E-state index contributed by atoms with van der Waals surface area (Å²) in [5.74, 6) is 0.